The summed E-state index contributed by atoms with van der Waals surface area (Å²) in [6, 6.07) is 50.3. The lowest BCUT2D eigenvalue weighted by Gasteiger charge is -2.13. The molecule has 196 valence electrons. The van der Waals surface area contributed by atoms with Crippen LogP contribution in [-0.4, -0.2) is 14.1 Å². The average Bonchev–Trinajstić information content (AvgIpc) is 3.58. The monoisotopic (exact) mass is 535 g/mol. The molecule has 6 aromatic carbocycles. The van der Waals surface area contributed by atoms with E-state index in [2.05, 4.69) is 154 Å². The van der Waals surface area contributed by atoms with Crippen LogP contribution >= 0.6 is 0 Å². The fourth-order valence-electron chi connectivity index (χ4n) is 6.81. The molecule has 0 amide bonds. The van der Waals surface area contributed by atoms with Crippen molar-refractivity contribution < 1.29 is 0 Å². The molecule has 3 nitrogen and oxygen atoms in total. The summed E-state index contributed by atoms with van der Waals surface area (Å²) in [7, 11) is 0. The Morgan fingerprint density at radius 1 is 0.429 bits per heavy atom. The van der Waals surface area contributed by atoms with Crippen LogP contribution in [0.25, 0.3) is 76.9 Å². The maximum absolute atomic E-state index is 4.51. The highest BCUT2D eigenvalue weighted by Gasteiger charge is 2.20. The molecule has 9 aromatic rings. The van der Waals surface area contributed by atoms with Crippen molar-refractivity contribution in [1.29, 1.82) is 0 Å². The number of para-hydroxylation sites is 3. The minimum atomic E-state index is 1.14. The zero-order valence-electron chi connectivity index (χ0n) is 22.8. The number of hydrogen-bond acceptors (Lipinski definition) is 1. The second-order valence-corrected chi connectivity index (χ2v) is 10.8. The molecule has 0 atom stereocenters. The lowest BCUT2D eigenvalue weighted by atomic mass is 9.97. The van der Waals surface area contributed by atoms with Crippen LogP contribution in [-0.2, 0) is 0 Å². The third-order valence-corrected chi connectivity index (χ3v) is 8.58. The van der Waals surface area contributed by atoms with Crippen molar-refractivity contribution in [3.8, 4) is 22.5 Å². The molecule has 0 aliphatic carbocycles. The van der Waals surface area contributed by atoms with Crippen molar-refractivity contribution in [2.75, 3.05) is 0 Å². The van der Waals surface area contributed by atoms with E-state index >= 15 is 0 Å². The molecule has 0 fully saturated rings. The molecule has 0 unspecified atom stereocenters. The Kier molecular flexibility index (Phi) is 4.90. The first-order chi connectivity index (χ1) is 20.9. The first-order valence-corrected chi connectivity index (χ1v) is 14.3. The van der Waals surface area contributed by atoms with Gasteiger partial charge >= 0.3 is 0 Å². The minimum absolute atomic E-state index is 1.14. The van der Waals surface area contributed by atoms with E-state index in [-0.39, 0.29) is 0 Å². The van der Waals surface area contributed by atoms with E-state index in [0.29, 0.717) is 0 Å². The van der Waals surface area contributed by atoms with Crippen molar-refractivity contribution in [3.63, 3.8) is 0 Å². The van der Waals surface area contributed by atoms with Gasteiger partial charge < -0.3 is 9.13 Å². The second kappa shape index (κ2) is 8.92. The van der Waals surface area contributed by atoms with E-state index in [9.17, 15) is 0 Å². The number of hydrogen-bond donors (Lipinski definition) is 0. The zero-order valence-corrected chi connectivity index (χ0v) is 22.8. The Morgan fingerprint density at radius 3 is 2.07 bits per heavy atom. The number of benzene rings is 6. The molecular weight excluding hydrogens is 510 g/mol. The normalized spacial score (nSPS) is 11.8. The van der Waals surface area contributed by atoms with Crippen molar-refractivity contribution in [1.82, 2.24) is 14.1 Å². The number of pyridine rings is 1. The van der Waals surface area contributed by atoms with Crippen LogP contribution in [0.2, 0.25) is 0 Å². The fraction of sp³-hybridized carbons (Fsp3) is 0. The second-order valence-electron chi connectivity index (χ2n) is 10.8. The van der Waals surface area contributed by atoms with Crippen molar-refractivity contribution in [2.24, 2.45) is 0 Å². The average molecular weight is 536 g/mol. The van der Waals surface area contributed by atoms with Gasteiger partial charge in [-0.05, 0) is 58.8 Å². The highest BCUT2D eigenvalue weighted by atomic mass is 15.0. The standard InChI is InChI=1S/C39H25N3/c1-2-12-28(13-3-1)42-36-22-23-40-25-34(36)32-17-8-16-31(39(32)42)30-15-9-19-37-38(30)33-14-6-7-18-35(33)41(37)29-21-20-26-10-4-5-11-27(26)24-29/h1-25H. The topological polar surface area (TPSA) is 22.8 Å². The summed E-state index contributed by atoms with van der Waals surface area (Å²) in [5, 5.41) is 7.35. The van der Waals surface area contributed by atoms with Gasteiger partial charge in [0, 0.05) is 50.9 Å². The quantitative estimate of drug-likeness (QED) is 0.221. The molecule has 0 spiro atoms. The van der Waals surface area contributed by atoms with E-state index in [0.717, 1.165) is 16.6 Å². The summed E-state index contributed by atoms with van der Waals surface area (Å²) in [4.78, 5) is 4.51. The molecule has 3 heteroatoms. The maximum atomic E-state index is 4.51. The van der Waals surface area contributed by atoms with Gasteiger partial charge in [0.25, 0.3) is 0 Å². The lowest BCUT2D eigenvalue weighted by Crippen LogP contribution is -1.96. The number of aromatic nitrogens is 3. The highest BCUT2D eigenvalue weighted by molar-refractivity contribution is 6.20. The van der Waals surface area contributed by atoms with Gasteiger partial charge in [-0.3, -0.25) is 4.98 Å². The molecule has 3 aromatic heterocycles. The summed E-state index contributed by atoms with van der Waals surface area (Å²) in [5.41, 5.74) is 9.49. The van der Waals surface area contributed by atoms with Crippen LogP contribution in [0.15, 0.2) is 152 Å². The van der Waals surface area contributed by atoms with E-state index in [1.807, 2.05) is 12.4 Å². The van der Waals surface area contributed by atoms with Gasteiger partial charge in [0.1, 0.15) is 0 Å². The molecule has 42 heavy (non-hydrogen) atoms. The SMILES string of the molecule is c1ccc(-n2c3ccncc3c3cccc(-c4cccc5c4c4ccccc4n5-c4ccc5ccccc5c4)c32)cc1. The van der Waals surface area contributed by atoms with Gasteiger partial charge in [-0.25, -0.2) is 0 Å². The first kappa shape index (κ1) is 23.1. The van der Waals surface area contributed by atoms with Crippen LogP contribution in [0.5, 0.6) is 0 Å². The highest BCUT2D eigenvalue weighted by Crippen LogP contribution is 2.43. The molecule has 0 bridgehead atoms. The summed E-state index contributed by atoms with van der Waals surface area (Å²) in [5.74, 6) is 0. The largest absolute Gasteiger partial charge is 0.309 e. The molecule has 0 radical (unpaired) electrons. The molecule has 0 saturated carbocycles. The van der Waals surface area contributed by atoms with Gasteiger partial charge in [-0.2, -0.15) is 0 Å². The van der Waals surface area contributed by atoms with Gasteiger partial charge in [-0.15, -0.1) is 0 Å². The Morgan fingerprint density at radius 2 is 1.14 bits per heavy atom. The molecule has 9 rings (SSSR count). The third-order valence-electron chi connectivity index (χ3n) is 8.58. The van der Waals surface area contributed by atoms with Crippen LogP contribution in [0.4, 0.5) is 0 Å². The first-order valence-electron chi connectivity index (χ1n) is 14.3. The summed E-state index contributed by atoms with van der Waals surface area (Å²) in [6.45, 7) is 0. The molecule has 0 N–H and O–H groups in total. The molecule has 0 aliphatic heterocycles. The molecular formula is C39H25N3. The number of rotatable bonds is 3. The van der Waals surface area contributed by atoms with Gasteiger partial charge in [-0.1, -0.05) is 97.1 Å². The van der Waals surface area contributed by atoms with E-state index in [1.165, 1.54) is 60.3 Å². The molecule has 0 saturated heterocycles. The Balaban J connectivity index is 1.41. The maximum Gasteiger partial charge on any atom is 0.0620 e. The Hall–Kier alpha value is -5.67. The van der Waals surface area contributed by atoms with E-state index in [4.69, 9.17) is 0 Å². The molecule has 0 aliphatic rings. The minimum Gasteiger partial charge on any atom is -0.309 e. The number of nitrogens with zero attached hydrogens (tertiary/aromatic N) is 3. The predicted octanol–water partition coefficient (Wildman–Crippen LogP) is 10.1. The van der Waals surface area contributed by atoms with E-state index < -0.39 is 0 Å². The summed E-state index contributed by atoms with van der Waals surface area (Å²) in [6.07, 6.45) is 3.88. The van der Waals surface area contributed by atoms with Crippen molar-refractivity contribution in [2.45, 2.75) is 0 Å². The Bertz CT molecular complexity index is 2460. The van der Waals surface area contributed by atoms with Crippen LogP contribution in [0.1, 0.15) is 0 Å². The van der Waals surface area contributed by atoms with Gasteiger partial charge in [0.15, 0.2) is 0 Å². The smallest absolute Gasteiger partial charge is 0.0620 e. The number of fused-ring (bicyclic) bond motifs is 7. The van der Waals surface area contributed by atoms with Crippen molar-refractivity contribution >= 4 is 54.4 Å². The predicted molar refractivity (Wildman–Crippen MR) is 176 cm³/mol. The van der Waals surface area contributed by atoms with Gasteiger partial charge in [0.05, 0.1) is 22.1 Å². The summed E-state index contributed by atoms with van der Waals surface area (Å²) >= 11 is 0. The Labute approximate surface area is 242 Å². The van der Waals surface area contributed by atoms with Crippen molar-refractivity contribution in [3.05, 3.63) is 152 Å². The molecule has 3 heterocycles. The van der Waals surface area contributed by atoms with Crippen LogP contribution in [0.3, 0.4) is 0 Å². The van der Waals surface area contributed by atoms with Crippen LogP contribution in [0, 0.1) is 0 Å². The fourth-order valence-corrected chi connectivity index (χ4v) is 6.81. The third kappa shape index (κ3) is 3.25. The summed E-state index contributed by atoms with van der Waals surface area (Å²) < 4.78 is 4.81. The van der Waals surface area contributed by atoms with E-state index in [1.54, 1.807) is 0 Å². The zero-order chi connectivity index (χ0) is 27.6. The lowest BCUT2D eigenvalue weighted by molar-refractivity contribution is 1.17. The van der Waals surface area contributed by atoms with Gasteiger partial charge in [0.2, 0.25) is 0 Å². The van der Waals surface area contributed by atoms with Crippen LogP contribution < -0.4 is 0 Å².